The molecule has 0 bridgehead atoms. The predicted molar refractivity (Wildman–Crippen MR) is 131 cm³/mol. The number of anilines is 1. The van der Waals surface area contributed by atoms with Crippen LogP contribution in [0.1, 0.15) is 51.9 Å². The number of amides is 1. The number of hydrogen-bond donors (Lipinski definition) is 1. The first-order chi connectivity index (χ1) is 17.0. The summed E-state index contributed by atoms with van der Waals surface area (Å²) in [6.07, 6.45) is 10.1. The van der Waals surface area contributed by atoms with Gasteiger partial charge in [-0.25, -0.2) is 19.9 Å². The molecule has 1 amide bonds. The monoisotopic (exact) mass is 468 g/mol. The van der Waals surface area contributed by atoms with Crippen molar-refractivity contribution < 1.29 is 4.79 Å². The van der Waals surface area contributed by atoms with Crippen LogP contribution in [0.4, 0.5) is 5.82 Å². The molecule has 1 saturated carbocycles. The van der Waals surface area contributed by atoms with Gasteiger partial charge in [-0.2, -0.15) is 0 Å². The normalized spacial score (nSPS) is 22.5. The van der Waals surface area contributed by atoms with Crippen molar-refractivity contribution in [3.05, 3.63) is 65.4 Å². The summed E-state index contributed by atoms with van der Waals surface area (Å²) >= 11 is 0. The predicted octanol–water partition coefficient (Wildman–Crippen LogP) is 2.79. The fourth-order valence-electron chi connectivity index (χ4n) is 5.88. The maximum Gasteiger partial charge on any atom is 0.254 e. The maximum absolute atomic E-state index is 13.4. The van der Waals surface area contributed by atoms with Gasteiger partial charge in [-0.15, -0.1) is 0 Å². The molecule has 178 valence electrons. The zero-order chi connectivity index (χ0) is 23.7. The average Bonchev–Trinajstić information content (AvgIpc) is 3.26. The average molecular weight is 469 g/mol. The fraction of sp³-hybridized carbons (Fsp3) is 0.423. The Labute approximate surface area is 203 Å². The number of aryl methyl sites for hydroxylation is 2. The third-order valence-electron chi connectivity index (χ3n) is 8.00. The molecule has 5 heterocycles. The number of aromatic nitrogens is 6. The topological polar surface area (TPSA) is 93.8 Å². The smallest absolute Gasteiger partial charge is 0.254 e. The van der Waals surface area contributed by atoms with E-state index in [-0.39, 0.29) is 11.9 Å². The van der Waals surface area contributed by atoms with Gasteiger partial charge in [-0.3, -0.25) is 4.79 Å². The number of carbonyl (C=O) groups is 1. The molecule has 2 unspecified atom stereocenters. The van der Waals surface area contributed by atoms with Gasteiger partial charge in [0.1, 0.15) is 17.8 Å². The Morgan fingerprint density at radius 2 is 2.06 bits per heavy atom. The van der Waals surface area contributed by atoms with Crippen LogP contribution in [0.15, 0.2) is 37.2 Å². The second-order valence-electron chi connectivity index (χ2n) is 10.3. The van der Waals surface area contributed by atoms with E-state index < -0.39 is 0 Å². The first-order valence-corrected chi connectivity index (χ1v) is 12.4. The molecule has 0 aromatic carbocycles. The fourth-order valence-corrected chi connectivity index (χ4v) is 5.88. The van der Waals surface area contributed by atoms with Gasteiger partial charge in [-0.1, -0.05) is 6.07 Å². The summed E-state index contributed by atoms with van der Waals surface area (Å²) in [5.41, 5.74) is 5.63. The lowest BCUT2D eigenvalue weighted by Gasteiger charge is -2.20. The minimum absolute atomic E-state index is 0.0719. The van der Waals surface area contributed by atoms with Crippen molar-refractivity contribution in [1.82, 2.24) is 34.4 Å². The van der Waals surface area contributed by atoms with Gasteiger partial charge >= 0.3 is 0 Å². The molecule has 1 aliphatic heterocycles. The van der Waals surface area contributed by atoms with Crippen LogP contribution in [0.25, 0.3) is 11.0 Å². The highest BCUT2D eigenvalue weighted by atomic mass is 16.1. The van der Waals surface area contributed by atoms with Gasteiger partial charge < -0.3 is 19.4 Å². The van der Waals surface area contributed by atoms with Crippen LogP contribution >= 0.6 is 0 Å². The third-order valence-corrected chi connectivity index (χ3v) is 8.00. The summed E-state index contributed by atoms with van der Waals surface area (Å²) in [5, 5.41) is 3.94. The van der Waals surface area contributed by atoms with Gasteiger partial charge in [0, 0.05) is 43.9 Å². The molecule has 1 N–H and O–H groups in total. The maximum atomic E-state index is 13.4. The Morgan fingerprint density at radius 3 is 2.89 bits per heavy atom. The quantitative estimate of drug-likeness (QED) is 0.484. The van der Waals surface area contributed by atoms with E-state index in [2.05, 4.69) is 44.2 Å². The van der Waals surface area contributed by atoms with E-state index in [0.717, 1.165) is 71.6 Å². The minimum Gasteiger partial charge on any atom is -0.356 e. The van der Waals surface area contributed by atoms with Gasteiger partial charge in [0.25, 0.3) is 5.91 Å². The number of fused-ring (bicyclic) bond motifs is 3. The standard InChI is InChI=1S/C26H28N8O/c1-15-16(3-6-23(30-15)33-10-17-7-18(17)11-33)9-34-12-20(19-8-27-13-28-25(19)34)26(35)31-21-4-5-22-24(21)29-14-32(22)2/h3,6,8,12-14,17-18,21H,4-5,7,9-11H2,1-2H3,(H,31,35)/t17?,18?,21-/m1/s1. The van der Waals surface area contributed by atoms with Gasteiger partial charge in [0.2, 0.25) is 0 Å². The van der Waals surface area contributed by atoms with Crippen molar-refractivity contribution in [2.75, 3.05) is 18.0 Å². The van der Waals surface area contributed by atoms with Crippen LogP contribution in [-0.4, -0.2) is 48.1 Å². The molecule has 3 atom stereocenters. The summed E-state index contributed by atoms with van der Waals surface area (Å²) in [6, 6.07) is 4.22. The van der Waals surface area contributed by atoms with E-state index in [4.69, 9.17) is 4.98 Å². The number of hydrogen-bond acceptors (Lipinski definition) is 6. The molecule has 1 saturated heterocycles. The molecular weight excluding hydrogens is 440 g/mol. The summed E-state index contributed by atoms with van der Waals surface area (Å²) in [7, 11) is 2.00. The minimum atomic E-state index is -0.121. The first-order valence-electron chi connectivity index (χ1n) is 12.4. The van der Waals surface area contributed by atoms with E-state index in [1.165, 1.54) is 18.4 Å². The Morgan fingerprint density at radius 1 is 1.20 bits per heavy atom. The molecule has 0 radical (unpaired) electrons. The number of nitrogens with one attached hydrogen (secondary N) is 1. The van der Waals surface area contributed by atoms with Gasteiger partial charge in [0.05, 0.1) is 35.6 Å². The Hall–Kier alpha value is -3.75. The van der Waals surface area contributed by atoms with E-state index in [1.54, 1.807) is 6.20 Å². The summed E-state index contributed by atoms with van der Waals surface area (Å²) < 4.78 is 4.07. The Bertz CT molecular complexity index is 1460. The van der Waals surface area contributed by atoms with Crippen LogP contribution in [-0.2, 0) is 20.0 Å². The second kappa shape index (κ2) is 7.63. The molecule has 3 aliphatic rings. The lowest BCUT2D eigenvalue weighted by atomic mass is 10.2. The van der Waals surface area contributed by atoms with E-state index >= 15 is 0 Å². The highest BCUT2D eigenvalue weighted by Gasteiger charge is 2.45. The zero-order valence-electron chi connectivity index (χ0n) is 20.0. The van der Waals surface area contributed by atoms with Crippen molar-refractivity contribution >= 4 is 22.8 Å². The highest BCUT2D eigenvalue weighted by Crippen LogP contribution is 2.46. The molecule has 2 aliphatic carbocycles. The van der Waals surface area contributed by atoms with Crippen molar-refractivity contribution in [2.24, 2.45) is 18.9 Å². The second-order valence-corrected chi connectivity index (χ2v) is 10.3. The summed E-state index contributed by atoms with van der Waals surface area (Å²) in [5.74, 6) is 2.70. The van der Waals surface area contributed by atoms with Crippen molar-refractivity contribution in [1.29, 1.82) is 0 Å². The molecule has 4 aromatic rings. The SMILES string of the molecule is Cc1nc(N2CC3CC3C2)ccc1Cn1cc(C(=O)N[C@@H]2CCc3c2ncn3C)c2cncnc21. The summed E-state index contributed by atoms with van der Waals surface area (Å²) in [4.78, 5) is 33.9. The number of piperidine rings is 1. The molecule has 9 nitrogen and oxygen atoms in total. The third kappa shape index (κ3) is 3.40. The lowest BCUT2D eigenvalue weighted by Crippen LogP contribution is -2.27. The number of imidazole rings is 1. The van der Waals surface area contributed by atoms with Crippen molar-refractivity contribution in [3.63, 3.8) is 0 Å². The molecule has 7 rings (SSSR count). The molecule has 2 fully saturated rings. The number of carbonyl (C=O) groups excluding carboxylic acids is 1. The molecular formula is C26H28N8O. The van der Waals surface area contributed by atoms with E-state index in [9.17, 15) is 4.79 Å². The van der Waals surface area contributed by atoms with Crippen LogP contribution in [0, 0.1) is 18.8 Å². The van der Waals surface area contributed by atoms with E-state index in [1.807, 2.05) is 28.7 Å². The van der Waals surface area contributed by atoms with Gasteiger partial charge in [-0.05, 0) is 49.7 Å². The van der Waals surface area contributed by atoms with Crippen molar-refractivity contribution in [2.45, 2.75) is 38.8 Å². The molecule has 9 heteroatoms. The molecule has 0 spiro atoms. The first kappa shape index (κ1) is 20.6. The highest BCUT2D eigenvalue weighted by molar-refractivity contribution is 6.06. The van der Waals surface area contributed by atoms with Crippen LogP contribution < -0.4 is 10.2 Å². The molecule has 4 aromatic heterocycles. The largest absolute Gasteiger partial charge is 0.356 e. The lowest BCUT2D eigenvalue weighted by molar-refractivity contribution is 0.0937. The Kier molecular flexibility index (Phi) is 4.49. The molecule has 35 heavy (non-hydrogen) atoms. The number of rotatable bonds is 5. The van der Waals surface area contributed by atoms with Gasteiger partial charge in [0.15, 0.2) is 0 Å². The van der Waals surface area contributed by atoms with Crippen LogP contribution in [0.3, 0.4) is 0 Å². The number of nitrogens with zero attached hydrogens (tertiary/aromatic N) is 7. The Balaban J connectivity index is 1.15. The van der Waals surface area contributed by atoms with E-state index in [0.29, 0.717) is 12.1 Å². The van der Waals surface area contributed by atoms with Crippen LogP contribution in [0.2, 0.25) is 0 Å². The zero-order valence-corrected chi connectivity index (χ0v) is 20.0. The summed E-state index contributed by atoms with van der Waals surface area (Å²) in [6.45, 7) is 4.93. The van der Waals surface area contributed by atoms with Crippen LogP contribution in [0.5, 0.6) is 0 Å². The number of pyridine rings is 1. The van der Waals surface area contributed by atoms with Crippen molar-refractivity contribution in [3.8, 4) is 0 Å².